The van der Waals surface area contributed by atoms with Gasteiger partial charge in [0.25, 0.3) is 0 Å². The van der Waals surface area contributed by atoms with E-state index >= 15 is 0 Å². The first-order valence-electron chi connectivity index (χ1n) is 9.16. The minimum atomic E-state index is -3.95. The Morgan fingerprint density at radius 2 is 1.93 bits per heavy atom. The number of para-hydroxylation sites is 1. The summed E-state index contributed by atoms with van der Waals surface area (Å²) in [6.07, 6.45) is 4.44. The molecule has 30 heavy (non-hydrogen) atoms. The maximum absolute atomic E-state index is 12.6. The van der Waals surface area contributed by atoms with E-state index in [1.807, 2.05) is 6.92 Å². The number of aliphatic carboxylic acids is 1. The molecule has 0 radical (unpaired) electrons. The van der Waals surface area contributed by atoms with Gasteiger partial charge in [0.05, 0.1) is 11.5 Å². The molecule has 0 fully saturated rings. The van der Waals surface area contributed by atoms with Crippen molar-refractivity contribution in [3.8, 4) is 18.1 Å². The van der Waals surface area contributed by atoms with Crippen LogP contribution in [-0.2, 0) is 26.1 Å². The monoisotopic (exact) mass is 431 g/mol. The summed E-state index contributed by atoms with van der Waals surface area (Å²) in [5.41, 5.74) is 0.753. The first-order chi connectivity index (χ1) is 14.0. The first kappa shape index (κ1) is 23.4. The van der Waals surface area contributed by atoms with Gasteiger partial charge in [0, 0.05) is 6.54 Å². The number of ether oxygens (including phenoxy) is 1. The fourth-order valence-electron chi connectivity index (χ4n) is 2.94. The van der Waals surface area contributed by atoms with Crippen LogP contribution in [0.1, 0.15) is 36.6 Å². The largest absolute Gasteiger partial charge is 0.507 e. The smallest absolute Gasteiger partial charge is 0.312 e. The molecular weight excluding hydrogens is 406 g/mol. The predicted molar refractivity (Wildman–Crippen MR) is 112 cm³/mol. The Hall–Kier alpha value is -2.86. The van der Waals surface area contributed by atoms with Crippen molar-refractivity contribution >= 4 is 16.0 Å². The fraction of sp³-hybridized carbons (Fsp3) is 0.318. The third-order valence-corrected chi connectivity index (χ3v) is 6.27. The summed E-state index contributed by atoms with van der Waals surface area (Å²) in [4.78, 5) is 11.5. The molecule has 1 atom stereocenters. The molecule has 2 aromatic rings. The number of carbonyl (C=O) groups is 1. The third kappa shape index (κ3) is 5.19. The Balaban J connectivity index is 2.35. The quantitative estimate of drug-likeness (QED) is 0.526. The van der Waals surface area contributed by atoms with Gasteiger partial charge in [-0.05, 0) is 49.6 Å². The lowest BCUT2D eigenvalue weighted by molar-refractivity contribution is -0.156. The second-order valence-corrected chi connectivity index (χ2v) is 9.14. The van der Waals surface area contributed by atoms with Crippen LogP contribution in [0.15, 0.2) is 47.4 Å². The topological polar surface area (TPSA) is 113 Å². The molecule has 0 aromatic heterocycles. The van der Waals surface area contributed by atoms with Crippen LogP contribution in [0.3, 0.4) is 0 Å². The highest BCUT2D eigenvalue weighted by Crippen LogP contribution is 2.37. The average Bonchev–Trinajstić information content (AvgIpc) is 2.68. The molecule has 2 aromatic carbocycles. The number of hydrogen-bond acceptors (Lipinski definition) is 5. The van der Waals surface area contributed by atoms with Gasteiger partial charge in [-0.25, -0.2) is 13.1 Å². The molecule has 0 aliphatic rings. The SMILES string of the molecule is C#CCOC(c1ccc(C)c(CNS(=O)(=O)c2ccccc2O)c1)C(C)(C)C(=O)O. The summed E-state index contributed by atoms with van der Waals surface area (Å²) >= 11 is 0. The van der Waals surface area contributed by atoms with E-state index in [-0.39, 0.29) is 23.8 Å². The highest BCUT2D eigenvalue weighted by atomic mass is 32.2. The molecule has 7 nitrogen and oxygen atoms in total. The van der Waals surface area contributed by atoms with Crippen molar-refractivity contribution in [3.05, 3.63) is 59.2 Å². The van der Waals surface area contributed by atoms with Crippen LogP contribution >= 0.6 is 0 Å². The second-order valence-electron chi connectivity index (χ2n) is 7.40. The van der Waals surface area contributed by atoms with E-state index in [1.165, 1.54) is 38.1 Å². The van der Waals surface area contributed by atoms with Gasteiger partial charge in [-0.1, -0.05) is 36.3 Å². The first-order valence-corrected chi connectivity index (χ1v) is 10.6. The zero-order valence-electron chi connectivity index (χ0n) is 17.0. The summed E-state index contributed by atoms with van der Waals surface area (Å²) in [6, 6.07) is 10.9. The Morgan fingerprint density at radius 1 is 1.27 bits per heavy atom. The summed E-state index contributed by atoms with van der Waals surface area (Å²) in [5.74, 6) is 0.948. The Bertz CT molecular complexity index is 1070. The van der Waals surface area contributed by atoms with Gasteiger partial charge in [-0.3, -0.25) is 4.79 Å². The number of carboxylic acid groups (broad SMARTS) is 1. The molecule has 0 saturated heterocycles. The van der Waals surface area contributed by atoms with Crippen molar-refractivity contribution in [2.45, 2.75) is 38.3 Å². The molecule has 0 bridgehead atoms. The van der Waals surface area contributed by atoms with Gasteiger partial charge < -0.3 is 14.9 Å². The standard InChI is InChI=1S/C22H25NO6S/c1-5-12-29-20(22(3,4)21(25)26)16-11-10-15(2)17(13-16)14-23-30(27,28)19-9-7-6-8-18(19)24/h1,6-11,13,20,23-24H,12,14H2,2-4H3,(H,25,26). The minimum Gasteiger partial charge on any atom is -0.507 e. The predicted octanol–water partition coefficient (Wildman–Crippen LogP) is 2.98. The van der Waals surface area contributed by atoms with Crippen molar-refractivity contribution in [2.24, 2.45) is 5.41 Å². The van der Waals surface area contributed by atoms with E-state index < -0.39 is 27.5 Å². The molecule has 0 heterocycles. The van der Waals surface area contributed by atoms with Crippen LogP contribution in [0.5, 0.6) is 5.75 Å². The van der Waals surface area contributed by atoms with E-state index in [2.05, 4.69) is 10.6 Å². The normalized spacial score (nSPS) is 12.9. The number of phenolic OH excluding ortho intramolecular Hbond substituents is 1. The number of phenols is 1. The van der Waals surface area contributed by atoms with Crippen LogP contribution in [-0.4, -0.2) is 31.2 Å². The minimum absolute atomic E-state index is 0.0499. The zero-order chi connectivity index (χ0) is 22.5. The number of sulfonamides is 1. The third-order valence-electron chi connectivity index (χ3n) is 4.82. The Kier molecular flexibility index (Phi) is 7.26. The Morgan fingerprint density at radius 3 is 2.53 bits per heavy atom. The lowest BCUT2D eigenvalue weighted by Gasteiger charge is -2.30. The zero-order valence-corrected chi connectivity index (χ0v) is 17.9. The van der Waals surface area contributed by atoms with Gasteiger partial charge in [0.1, 0.15) is 17.3 Å². The van der Waals surface area contributed by atoms with E-state index in [4.69, 9.17) is 11.2 Å². The molecule has 8 heteroatoms. The number of rotatable bonds is 9. The number of aryl methyl sites for hydroxylation is 1. The number of nitrogens with one attached hydrogen (secondary N) is 1. The highest BCUT2D eigenvalue weighted by molar-refractivity contribution is 7.89. The lowest BCUT2D eigenvalue weighted by atomic mass is 9.82. The molecule has 0 amide bonds. The maximum Gasteiger partial charge on any atom is 0.312 e. The van der Waals surface area contributed by atoms with E-state index in [1.54, 1.807) is 18.2 Å². The number of hydrogen-bond donors (Lipinski definition) is 3. The summed E-state index contributed by atoms with van der Waals surface area (Å²) in [7, 11) is -3.95. The van der Waals surface area contributed by atoms with E-state index in [0.717, 1.165) is 5.56 Å². The number of benzene rings is 2. The summed E-state index contributed by atoms with van der Waals surface area (Å²) < 4.78 is 33.2. The number of terminal acetylenes is 1. The molecule has 0 aliphatic carbocycles. The van der Waals surface area contributed by atoms with Crippen molar-refractivity contribution in [1.82, 2.24) is 4.72 Å². The number of carboxylic acids is 1. The fourth-order valence-corrected chi connectivity index (χ4v) is 4.05. The molecule has 0 saturated carbocycles. The molecule has 1 unspecified atom stereocenters. The average molecular weight is 432 g/mol. The van der Waals surface area contributed by atoms with Crippen LogP contribution in [0.2, 0.25) is 0 Å². The lowest BCUT2D eigenvalue weighted by Crippen LogP contribution is -2.33. The van der Waals surface area contributed by atoms with Crippen LogP contribution in [0, 0.1) is 24.7 Å². The van der Waals surface area contributed by atoms with Crippen molar-refractivity contribution in [3.63, 3.8) is 0 Å². The van der Waals surface area contributed by atoms with Gasteiger partial charge in [-0.15, -0.1) is 6.42 Å². The van der Waals surface area contributed by atoms with Crippen molar-refractivity contribution < 1.29 is 28.2 Å². The molecule has 2 rings (SSSR count). The second kappa shape index (κ2) is 9.30. The summed E-state index contributed by atoms with van der Waals surface area (Å²) in [5, 5.41) is 19.4. The molecule has 0 spiro atoms. The number of aromatic hydroxyl groups is 1. The molecule has 3 N–H and O–H groups in total. The van der Waals surface area contributed by atoms with Crippen LogP contribution in [0.4, 0.5) is 0 Å². The van der Waals surface area contributed by atoms with Crippen LogP contribution < -0.4 is 4.72 Å². The molecule has 0 aliphatic heterocycles. The van der Waals surface area contributed by atoms with E-state index in [0.29, 0.717) is 11.1 Å². The maximum atomic E-state index is 12.6. The summed E-state index contributed by atoms with van der Waals surface area (Å²) in [6.45, 7) is 4.77. The highest BCUT2D eigenvalue weighted by Gasteiger charge is 2.39. The van der Waals surface area contributed by atoms with Gasteiger partial charge in [-0.2, -0.15) is 0 Å². The van der Waals surface area contributed by atoms with Gasteiger partial charge in [0.15, 0.2) is 0 Å². The molecule has 160 valence electrons. The Labute approximate surface area is 176 Å². The van der Waals surface area contributed by atoms with E-state index in [9.17, 15) is 23.4 Å². The van der Waals surface area contributed by atoms with Gasteiger partial charge in [0.2, 0.25) is 10.0 Å². The van der Waals surface area contributed by atoms with Crippen molar-refractivity contribution in [2.75, 3.05) is 6.61 Å². The molecular formula is C22H25NO6S. The van der Waals surface area contributed by atoms with Crippen LogP contribution in [0.25, 0.3) is 0 Å². The van der Waals surface area contributed by atoms with Gasteiger partial charge >= 0.3 is 5.97 Å². The van der Waals surface area contributed by atoms with Crippen molar-refractivity contribution in [1.29, 1.82) is 0 Å².